The quantitative estimate of drug-likeness (QED) is 0.860. The molecule has 0 spiro atoms. The molecule has 2 aromatic rings. The molecule has 0 amide bonds. The molecule has 2 N–H and O–H groups in total. The van der Waals surface area contributed by atoms with Gasteiger partial charge in [-0.1, -0.05) is 12.1 Å². The average Bonchev–Trinajstić information content (AvgIpc) is 2.83. The predicted octanol–water partition coefficient (Wildman–Crippen LogP) is 2.36. The van der Waals surface area contributed by atoms with Crippen LogP contribution >= 0.6 is 11.3 Å². The highest BCUT2D eigenvalue weighted by molar-refractivity contribution is 7.90. The molecule has 2 rings (SSSR count). The van der Waals surface area contributed by atoms with Crippen molar-refractivity contribution >= 4 is 26.9 Å². The van der Waals surface area contributed by atoms with E-state index in [1.807, 2.05) is 17.5 Å². The summed E-state index contributed by atoms with van der Waals surface area (Å²) in [5, 5.41) is 2.01. The molecule has 102 valence electrons. The first-order valence-electron chi connectivity index (χ1n) is 5.72. The molecular weight excluding hydrogens is 282 g/mol. The van der Waals surface area contributed by atoms with Crippen LogP contribution in [0.1, 0.15) is 4.88 Å². The molecule has 0 bridgehead atoms. The van der Waals surface area contributed by atoms with E-state index in [0.29, 0.717) is 12.4 Å². The summed E-state index contributed by atoms with van der Waals surface area (Å²) in [7, 11) is -3.33. The third-order valence-electron chi connectivity index (χ3n) is 2.61. The first kappa shape index (κ1) is 13.9. The van der Waals surface area contributed by atoms with E-state index in [0.717, 1.165) is 12.7 Å². The molecule has 1 aromatic heterocycles. The van der Waals surface area contributed by atoms with E-state index in [9.17, 15) is 8.42 Å². The number of nitrogens with two attached hydrogens (primary N) is 1. The summed E-state index contributed by atoms with van der Waals surface area (Å²) < 4.78 is 28.6. The minimum absolute atomic E-state index is 0.112. The third kappa shape index (κ3) is 3.48. The third-order valence-corrected chi connectivity index (χ3v) is 4.70. The lowest BCUT2D eigenvalue weighted by Gasteiger charge is -2.11. The van der Waals surface area contributed by atoms with E-state index in [1.165, 1.54) is 10.9 Å². The highest BCUT2D eigenvalue weighted by Crippen LogP contribution is 2.28. The van der Waals surface area contributed by atoms with E-state index >= 15 is 0 Å². The van der Waals surface area contributed by atoms with E-state index in [2.05, 4.69) is 0 Å². The molecule has 0 saturated heterocycles. The zero-order valence-electron chi connectivity index (χ0n) is 10.5. The van der Waals surface area contributed by atoms with Crippen LogP contribution in [0.15, 0.2) is 40.6 Å². The van der Waals surface area contributed by atoms with Crippen LogP contribution < -0.4 is 10.5 Å². The summed E-state index contributed by atoms with van der Waals surface area (Å²) >= 11 is 1.66. The number of sulfone groups is 1. The van der Waals surface area contributed by atoms with Gasteiger partial charge >= 0.3 is 0 Å². The molecule has 6 heteroatoms. The SMILES string of the molecule is CS(=O)(=O)c1cccc(OCCc2cccs2)c1N. The molecular formula is C13H15NO3S2. The number of anilines is 1. The maximum Gasteiger partial charge on any atom is 0.177 e. The van der Waals surface area contributed by atoms with Gasteiger partial charge in [0.15, 0.2) is 9.84 Å². The summed E-state index contributed by atoms with van der Waals surface area (Å²) in [6.07, 6.45) is 1.91. The molecule has 0 fully saturated rings. The molecule has 0 aliphatic heterocycles. The van der Waals surface area contributed by atoms with Gasteiger partial charge in [0.25, 0.3) is 0 Å². The summed E-state index contributed by atoms with van der Waals surface area (Å²) in [6, 6.07) is 8.81. The zero-order chi connectivity index (χ0) is 13.9. The Morgan fingerprint density at radius 3 is 2.68 bits per heavy atom. The Hall–Kier alpha value is -1.53. The second kappa shape index (κ2) is 5.63. The van der Waals surface area contributed by atoms with Crippen LogP contribution in [0.2, 0.25) is 0 Å². The molecule has 1 aromatic carbocycles. The molecule has 4 nitrogen and oxygen atoms in total. The van der Waals surface area contributed by atoms with Gasteiger partial charge in [-0.3, -0.25) is 0 Å². The van der Waals surface area contributed by atoms with Crippen LogP contribution in [0.5, 0.6) is 5.75 Å². The molecule has 0 saturated carbocycles. The van der Waals surface area contributed by atoms with Gasteiger partial charge in [0.1, 0.15) is 5.75 Å². The van der Waals surface area contributed by atoms with Gasteiger partial charge in [-0.05, 0) is 23.6 Å². The van der Waals surface area contributed by atoms with Crippen molar-refractivity contribution in [1.29, 1.82) is 0 Å². The lowest BCUT2D eigenvalue weighted by Crippen LogP contribution is -2.07. The number of para-hydroxylation sites is 1. The Labute approximate surface area is 116 Å². The minimum Gasteiger partial charge on any atom is -0.491 e. The first-order chi connectivity index (χ1) is 8.98. The van der Waals surface area contributed by atoms with Crippen LogP contribution in [-0.4, -0.2) is 21.3 Å². The van der Waals surface area contributed by atoms with E-state index < -0.39 is 9.84 Å². The van der Waals surface area contributed by atoms with Crippen LogP contribution in [0, 0.1) is 0 Å². The number of hydrogen-bond acceptors (Lipinski definition) is 5. The van der Waals surface area contributed by atoms with Gasteiger partial charge in [0.05, 0.1) is 17.2 Å². The largest absolute Gasteiger partial charge is 0.491 e. The number of hydrogen-bond donors (Lipinski definition) is 1. The Balaban J connectivity index is 2.09. The highest BCUT2D eigenvalue weighted by atomic mass is 32.2. The Bertz CT molecular complexity index is 649. The average molecular weight is 297 g/mol. The Morgan fingerprint density at radius 1 is 1.26 bits per heavy atom. The number of benzene rings is 1. The van der Waals surface area contributed by atoms with Crippen LogP contribution in [-0.2, 0) is 16.3 Å². The lowest BCUT2D eigenvalue weighted by molar-refractivity contribution is 0.324. The van der Waals surface area contributed by atoms with Crippen molar-refractivity contribution in [2.24, 2.45) is 0 Å². The van der Waals surface area contributed by atoms with Crippen molar-refractivity contribution in [1.82, 2.24) is 0 Å². The van der Waals surface area contributed by atoms with E-state index in [-0.39, 0.29) is 10.6 Å². The molecule has 19 heavy (non-hydrogen) atoms. The summed E-state index contributed by atoms with van der Waals surface area (Å²) in [5.41, 5.74) is 6.00. The topological polar surface area (TPSA) is 69.4 Å². The molecule has 0 unspecified atom stereocenters. The minimum atomic E-state index is -3.33. The van der Waals surface area contributed by atoms with Crippen LogP contribution in [0.25, 0.3) is 0 Å². The molecule has 0 atom stereocenters. The summed E-state index contributed by atoms with van der Waals surface area (Å²) in [6.45, 7) is 0.470. The smallest absolute Gasteiger partial charge is 0.177 e. The van der Waals surface area contributed by atoms with Crippen LogP contribution in [0.4, 0.5) is 5.69 Å². The van der Waals surface area contributed by atoms with Gasteiger partial charge < -0.3 is 10.5 Å². The standard InChI is InChI=1S/C13H15NO3S2/c1-19(15,16)12-6-2-5-11(13(12)14)17-8-7-10-4-3-9-18-10/h2-6,9H,7-8,14H2,1H3. The number of nitrogen functional groups attached to an aromatic ring is 1. The zero-order valence-corrected chi connectivity index (χ0v) is 12.1. The number of rotatable bonds is 5. The second-order valence-electron chi connectivity index (χ2n) is 4.12. The van der Waals surface area contributed by atoms with Crippen molar-refractivity contribution < 1.29 is 13.2 Å². The maximum absolute atomic E-state index is 11.5. The normalized spacial score (nSPS) is 11.4. The van der Waals surface area contributed by atoms with Crippen molar-refractivity contribution in [2.75, 3.05) is 18.6 Å². The predicted molar refractivity (Wildman–Crippen MR) is 77.5 cm³/mol. The fraction of sp³-hybridized carbons (Fsp3) is 0.231. The van der Waals surface area contributed by atoms with Crippen molar-refractivity contribution in [2.45, 2.75) is 11.3 Å². The Morgan fingerprint density at radius 2 is 2.05 bits per heavy atom. The Kier molecular flexibility index (Phi) is 4.11. The monoisotopic (exact) mass is 297 g/mol. The van der Waals surface area contributed by atoms with E-state index in [4.69, 9.17) is 10.5 Å². The van der Waals surface area contributed by atoms with E-state index in [1.54, 1.807) is 23.5 Å². The van der Waals surface area contributed by atoms with Gasteiger partial charge in [-0.15, -0.1) is 11.3 Å². The molecule has 0 aliphatic rings. The van der Waals surface area contributed by atoms with Gasteiger partial charge in [-0.25, -0.2) is 8.42 Å². The van der Waals surface area contributed by atoms with Gasteiger partial charge in [-0.2, -0.15) is 0 Å². The fourth-order valence-corrected chi connectivity index (χ4v) is 3.21. The first-order valence-corrected chi connectivity index (χ1v) is 8.49. The highest BCUT2D eigenvalue weighted by Gasteiger charge is 2.14. The van der Waals surface area contributed by atoms with Gasteiger partial charge in [0.2, 0.25) is 0 Å². The summed E-state index contributed by atoms with van der Waals surface area (Å²) in [4.78, 5) is 1.33. The fourth-order valence-electron chi connectivity index (χ4n) is 1.69. The molecule has 1 heterocycles. The van der Waals surface area contributed by atoms with Crippen molar-refractivity contribution in [3.8, 4) is 5.75 Å². The lowest BCUT2D eigenvalue weighted by atomic mass is 10.3. The number of thiophene rings is 1. The maximum atomic E-state index is 11.5. The molecule has 0 radical (unpaired) electrons. The molecule has 0 aliphatic carbocycles. The van der Waals surface area contributed by atoms with Crippen molar-refractivity contribution in [3.63, 3.8) is 0 Å². The summed E-state index contributed by atoms with van der Waals surface area (Å²) in [5.74, 6) is 0.416. The van der Waals surface area contributed by atoms with Gasteiger partial charge in [0, 0.05) is 17.6 Å². The second-order valence-corrected chi connectivity index (χ2v) is 7.13. The number of ether oxygens (including phenoxy) is 1. The van der Waals surface area contributed by atoms with Crippen molar-refractivity contribution in [3.05, 3.63) is 40.6 Å². The van der Waals surface area contributed by atoms with Crippen LogP contribution in [0.3, 0.4) is 0 Å².